The van der Waals surface area contributed by atoms with Gasteiger partial charge in [-0.2, -0.15) is 0 Å². The summed E-state index contributed by atoms with van der Waals surface area (Å²) in [6, 6.07) is 0. The van der Waals surface area contributed by atoms with E-state index < -0.39 is 12.5 Å². The van der Waals surface area contributed by atoms with Gasteiger partial charge in [-0.1, -0.05) is 0 Å². The second kappa shape index (κ2) is 2.41. The first-order valence-corrected chi connectivity index (χ1v) is 15.6. The molecular formula is H4S4Si2. The third-order valence-corrected chi connectivity index (χ3v) is 54.0. The number of hydrogen-bond donors (Lipinski definition) is 0. The predicted octanol–water partition coefficient (Wildman–Crippen LogP) is -0.541. The molecule has 1 fully saturated rings. The maximum absolute atomic E-state index is 5.02. The molecule has 6 heavy (non-hydrogen) atoms. The molecule has 0 unspecified atom stereocenters. The van der Waals surface area contributed by atoms with Gasteiger partial charge in [0.15, 0.2) is 0 Å². The van der Waals surface area contributed by atoms with Crippen molar-refractivity contribution in [2.75, 3.05) is 0 Å². The topological polar surface area (TPSA) is 0 Å². The Kier molecular flexibility index (Phi) is 2.39. The van der Waals surface area contributed by atoms with Gasteiger partial charge in [0.1, 0.15) is 0 Å². The van der Waals surface area contributed by atoms with Crippen molar-refractivity contribution in [1.29, 1.82) is 0 Å². The molecule has 0 amide bonds. The number of hydrogen-bond acceptors (Lipinski definition) is 2. The fraction of sp³-hybridized carbons (Fsp3) is 0. The molecule has 0 spiro atoms. The zero-order valence-corrected chi connectivity index (χ0v) is 9.14. The van der Waals surface area contributed by atoms with E-state index in [1.165, 1.54) is 0 Å². The second-order valence-corrected chi connectivity index (χ2v) is 30.1. The summed E-state index contributed by atoms with van der Waals surface area (Å²) >= 11 is 10.0. The summed E-state index contributed by atoms with van der Waals surface area (Å²) < 4.78 is 0. The molecule has 1 heterocycles. The van der Waals surface area contributed by atoms with Crippen LogP contribution in [0.25, 0.3) is 0 Å². The van der Waals surface area contributed by atoms with Crippen LogP contribution in [0.15, 0.2) is 0 Å². The van der Waals surface area contributed by atoms with Crippen LogP contribution in [0.4, 0.5) is 0 Å². The molecule has 0 N–H and O–H groups in total. The Bertz CT molecular complexity index is 41.5. The minimum absolute atomic E-state index is 0.921. The van der Waals surface area contributed by atoms with Gasteiger partial charge >= 0.3 is 58.0 Å². The van der Waals surface area contributed by atoms with Crippen LogP contribution >= 0.6 is 21.3 Å². The first kappa shape index (κ1) is 5.96. The summed E-state index contributed by atoms with van der Waals surface area (Å²) in [5, 5.41) is 0. The van der Waals surface area contributed by atoms with Gasteiger partial charge in [-0.05, 0) is 0 Å². The Hall–Kier alpha value is 1.83. The zero-order chi connectivity index (χ0) is 4.57. The molecule has 0 aliphatic carbocycles. The van der Waals surface area contributed by atoms with Gasteiger partial charge in [-0.25, -0.2) is 0 Å². The van der Waals surface area contributed by atoms with E-state index in [0.717, 1.165) is 0 Å². The Morgan fingerprint density at radius 1 is 1.00 bits per heavy atom. The standard InChI is InChI=1S/H4S4Si2/c1-5-3-6(2)4-5/h5-6H2. The van der Waals surface area contributed by atoms with Crippen LogP contribution in [0.3, 0.4) is 0 Å². The quantitative estimate of drug-likeness (QED) is 0.370. The predicted molar refractivity (Wildman–Crippen MR) is 47.0 cm³/mol. The van der Waals surface area contributed by atoms with E-state index in [1.807, 2.05) is 21.3 Å². The number of rotatable bonds is 0. The molecule has 1 rings (SSSR count). The van der Waals surface area contributed by atoms with Crippen molar-refractivity contribution in [3.63, 3.8) is 0 Å². The molecule has 0 nitrogen and oxygen atoms in total. The van der Waals surface area contributed by atoms with Gasteiger partial charge in [0.25, 0.3) is 0 Å². The summed E-state index contributed by atoms with van der Waals surface area (Å²) in [6.45, 7) is 0. The van der Waals surface area contributed by atoms with E-state index >= 15 is 0 Å². The monoisotopic (exact) mass is 188 g/mol. The van der Waals surface area contributed by atoms with Crippen molar-refractivity contribution in [2.45, 2.75) is 0 Å². The average Bonchev–Trinajstić information content (AvgIpc) is 1.33. The van der Waals surface area contributed by atoms with Crippen LogP contribution in [0.5, 0.6) is 0 Å². The average molecular weight is 188 g/mol. The molecule has 1 saturated heterocycles. The normalized spacial score (nSPS) is 33.0. The van der Waals surface area contributed by atoms with E-state index in [4.69, 9.17) is 24.2 Å². The second-order valence-electron chi connectivity index (χ2n) is 1.12. The molecule has 1 aliphatic rings. The summed E-state index contributed by atoms with van der Waals surface area (Å²) in [5.41, 5.74) is 0. The van der Waals surface area contributed by atoms with Gasteiger partial charge in [0.05, 0.1) is 0 Å². The van der Waals surface area contributed by atoms with Crippen LogP contribution in [-0.4, -0.2) is 12.5 Å². The molecule has 0 saturated carbocycles. The van der Waals surface area contributed by atoms with Crippen molar-refractivity contribution in [3.8, 4) is 0 Å². The van der Waals surface area contributed by atoms with Crippen LogP contribution in [0.2, 0.25) is 0 Å². The van der Waals surface area contributed by atoms with Crippen molar-refractivity contribution < 1.29 is 0 Å². The van der Waals surface area contributed by atoms with Gasteiger partial charge in [-0.15, -0.1) is 0 Å². The Balaban J connectivity index is 2.11. The van der Waals surface area contributed by atoms with Crippen LogP contribution in [0.1, 0.15) is 0 Å². The summed E-state index contributed by atoms with van der Waals surface area (Å²) in [6.07, 6.45) is -1.84. The minimum atomic E-state index is -0.921. The molecule has 0 aromatic rings. The summed E-state index contributed by atoms with van der Waals surface area (Å²) in [7, 11) is 4.06. The molecule has 0 atom stereocenters. The fourth-order valence-corrected chi connectivity index (χ4v) is 56.4. The third-order valence-electron chi connectivity index (χ3n) is 0.667. The van der Waals surface area contributed by atoms with Gasteiger partial charge in [-0.3, -0.25) is 0 Å². The molecule has 0 aromatic carbocycles. The van der Waals surface area contributed by atoms with Gasteiger partial charge in [0.2, 0.25) is 0 Å². The molecular weight excluding hydrogens is 184 g/mol. The summed E-state index contributed by atoms with van der Waals surface area (Å²) in [5.74, 6) is 0. The molecule has 36 valence electrons. The van der Waals surface area contributed by atoms with E-state index in [2.05, 4.69) is 0 Å². The molecule has 6 heteroatoms. The maximum atomic E-state index is 5.02. The molecule has 0 aromatic heterocycles. The third kappa shape index (κ3) is 1.41. The van der Waals surface area contributed by atoms with Crippen LogP contribution in [0, 0.1) is 0 Å². The van der Waals surface area contributed by atoms with Crippen LogP contribution < -0.4 is 0 Å². The molecule has 4 radical (unpaired) electrons. The fourth-order valence-electron chi connectivity index (χ4n) is 0.287. The van der Waals surface area contributed by atoms with Gasteiger partial charge < -0.3 is 0 Å². The van der Waals surface area contributed by atoms with E-state index in [0.29, 0.717) is 0 Å². The van der Waals surface area contributed by atoms with E-state index in [1.54, 1.807) is 0 Å². The zero-order valence-electron chi connectivity index (χ0n) is 3.05. The SMILES string of the molecule is [S+][SiH2-]1S[SiH2-]([S+])S1. The Morgan fingerprint density at radius 3 is 1.33 bits per heavy atom. The molecule has 1 aliphatic heterocycles. The van der Waals surface area contributed by atoms with Crippen molar-refractivity contribution >= 4 is 58.0 Å². The van der Waals surface area contributed by atoms with Crippen molar-refractivity contribution in [2.24, 2.45) is 0 Å². The Morgan fingerprint density at radius 2 is 1.33 bits per heavy atom. The molecule has 0 bridgehead atoms. The van der Waals surface area contributed by atoms with Crippen LogP contribution in [-0.2, 0) is 24.2 Å². The van der Waals surface area contributed by atoms with E-state index in [9.17, 15) is 0 Å². The first-order chi connectivity index (χ1) is 2.79. The van der Waals surface area contributed by atoms with Crippen molar-refractivity contribution in [3.05, 3.63) is 0 Å². The van der Waals surface area contributed by atoms with Crippen molar-refractivity contribution in [1.82, 2.24) is 0 Å². The summed E-state index contributed by atoms with van der Waals surface area (Å²) in [4.78, 5) is 0. The Labute approximate surface area is 57.7 Å². The first-order valence-electron chi connectivity index (χ1n) is 1.73. The van der Waals surface area contributed by atoms with Gasteiger partial charge in [0, 0.05) is 0 Å². The van der Waals surface area contributed by atoms with E-state index in [-0.39, 0.29) is 0 Å².